The van der Waals surface area contributed by atoms with E-state index in [9.17, 15) is 4.79 Å². The fourth-order valence-electron chi connectivity index (χ4n) is 3.30. The van der Waals surface area contributed by atoms with Gasteiger partial charge in [-0.15, -0.1) is 10.2 Å². The SMILES string of the molecule is CC(C)Oc1cccc(C(C)NC(=O)NCc2nnc3n2CCCCC3)c1. The summed E-state index contributed by atoms with van der Waals surface area (Å²) in [7, 11) is 0. The predicted octanol–water partition coefficient (Wildman–Crippen LogP) is 3.35. The van der Waals surface area contributed by atoms with Crippen LogP contribution in [0.15, 0.2) is 24.3 Å². The van der Waals surface area contributed by atoms with Crippen LogP contribution in [0.1, 0.15) is 63.3 Å². The lowest BCUT2D eigenvalue weighted by molar-refractivity contribution is 0.236. The topological polar surface area (TPSA) is 81.1 Å². The maximum atomic E-state index is 12.3. The fourth-order valence-corrected chi connectivity index (χ4v) is 3.30. The summed E-state index contributed by atoms with van der Waals surface area (Å²) >= 11 is 0. The van der Waals surface area contributed by atoms with Crippen molar-refractivity contribution in [3.05, 3.63) is 41.5 Å². The Bertz CT molecular complexity index is 771. The van der Waals surface area contributed by atoms with E-state index in [0.29, 0.717) is 6.54 Å². The van der Waals surface area contributed by atoms with Gasteiger partial charge in [-0.25, -0.2) is 4.79 Å². The first-order valence-corrected chi connectivity index (χ1v) is 9.75. The maximum Gasteiger partial charge on any atom is 0.315 e. The molecule has 0 saturated heterocycles. The number of carbonyl (C=O) groups is 1. The van der Waals surface area contributed by atoms with Gasteiger partial charge in [0.05, 0.1) is 18.7 Å². The number of ether oxygens (including phenoxy) is 1. The van der Waals surface area contributed by atoms with Crippen LogP contribution < -0.4 is 15.4 Å². The zero-order valence-electron chi connectivity index (χ0n) is 16.4. The van der Waals surface area contributed by atoms with Crippen molar-refractivity contribution in [1.82, 2.24) is 25.4 Å². The summed E-state index contributed by atoms with van der Waals surface area (Å²) in [5.41, 5.74) is 1.000. The number of urea groups is 1. The molecule has 0 spiro atoms. The summed E-state index contributed by atoms with van der Waals surface area (Å²) in [6.07, 6.45) is 4.59. The number of fused-ring (bicyclic) bond motifs is 1. The molecule has 1 aromatic carbocycles. The number of benzene rings is 1. The van der Waals surface area contributed by atoms with Gasteiger partial charge in [0, 0.05) is 13.0 Å². The second-order valence-electron chi connectivity index (χ2n) is 7.28. The zero-order valence-corrected chi connectivity index (χ0v) is 16.4. The molecule has 7 heteroatoms. The number of rotatable bonds is 6. The first kappa shape index (κ1) is 19.2. The average Bonchev–Trinajstić information content (AvgIpc) is 2.86. The van der Waals surface area contributed by atoms with E-state index >= 15 is 0 Å². The van der Waals surface area contributed by atoms with E-state index in [4.69, 9.17) is 4.74 Å². The van der Waals surface area contributed by atoms with E-state index < -0.39 is 0 Å². The third-order valence-corrected chi connectivity index (χ3v) is 4.67. The molecule has 27 heavy (non-hydrogen) atoms. The molecule has 2 aromatic rings. The summed E-state index contributed by atoms with van der Waals surface area (Å²) in [5.74, 6) is 2.66. The molecule has 2 N–H and O–H groups in total. The molecular formula is C20H29N5O2. The van der Waals surface area contributed by atoms with Crippen LogP contribution in [0.3, 0.4) is 0 Å². The van der Waals surface area contributed by atoms with Gasteiger partial charge in [0.2, 0.25) is 0 Å². The van der Waals surface area contributed by atoms with Gasteiger partial charge in [-0.3, -0.25) is 0 Å². The predicted molar refractivity (Wildman–Crippen MR) is 104 cm³/mol. The summed E-state index contributed by atoms with van der Waals surface area (Å²) in [6, 6.07) is 7.46. The van der Waals surface area contributed by atoms with Crippen molar-refractivity contribution in [2.45, 2.75) is 71.7 Å². The lowest BCUT2D eigenvalue weighted by atomic mass is 10.1. The molecule has 2 heterocycles. The van der Waals surface area contributed by atoms with Crippen molar-refractivity contribution >= 4 is 6.03 Å². The Morgan fingerprint density at radius 2 is 2.07 bits per heavy atom. The van der Waals surface area contributed by atoms with Gasteiger partial charge in [0.1, 0.15) is 11.6 Å². The monoisotopic (exact) mass is 371 g/mol. The van der Waals surface area contributed by atoms with Crippen LogP contribution in [-0.2, 0) is 19.5 Å². The first-order valence-electron chi connectivity index (χ1n) is 9.75. The second kappa shape index (κ2) is 8.88. The number of carbonyl (C=O) groups excluding carboxylic acids is 1. The summed E-state index contributed by atoms with van der Waals surface area (Å²) in [6.45, 7) is 7.25. The number of nitrogens with zero attached hydrogens (tertiary/aromatic N) is 3. The smallest absolute Gasteiger partial charge is 0.315 e. The highest BCUT2D eigenvalue weighted by molar-refractivity contribution is 5.74. The molecule has 7 nitrogen and oxygen atoms in total. The molecule has 0 radical (unpaired) electrons. The minimum absolute atomic E-state index is 0.116. The minimum atomic E-state index is -0.219. The number of aryl methyl sites for hydroxylation is 1. The standard InChI is InChI=1S/C20H29N5O2/c1-14(2)27-17-9-7-8-16(12-17)15(3)22-20(26)21-13-19-24-23-18-10-5-4-6-11-25(18)19/h7-9,12,14-15H,4-6,10-11,13H2,1-3H3,(H2,21,22,26). The van der Waals surface area contributed by atoms with Crippen molar-refractivity contribution in [3.63, 3.8) is 0 Å². The zero-order chi connectivity index (χ0) is 19.2. The summed E-state index contributed by atoms with van der Waals surface area (Å²) in [5, 5.41) is 14.4. The molecule has 1 aromatic heterocycles. The molecule has 0 fully saturated rings. The van der Waals surface area contributed by atoms with E-state index in [0.717, 1.165) is 48.8 Å². The van der Waals surface area contributed by atoms with Crippen LogP contribution in [0.25, 0.3) is 0 Å². The van der Waals surface area contributed by atoms with Gasteiger partial charge in [-0.1, -0.05) is 18.6 Å². The van der Waals surface area contributed by atoms with Gasteiger partial charge in [0.25, 0.3) is 0 Å². The van der Waals surface area contributed by atoms with E-state index in [1.807, 2.05) is 45.0 Å². The van der Waals surface area contributed by atoms with Crippen molar-refractivity contribution in [1.29, 1.82) is 0 Å². The molecule has 3 rings (SSSR count). The Hall–Kier alpha value is -2.57. The number of amides is 2. The number of nitrogens with one attached hydrogen (secondary N) is 2. The third-order valence-electron chi connectivity index (χ3n) is 4.67. The van der Waals surface area contributed by atoms with Crippen LogP contribution in [-0.4, -0.2) is 26.9 Å². The van der Waals surface area contributed by atoms with Crippen molar-refractivity contribution in [2.24, 2.45) is 0 Å². The fraction of sp³-hybridized carbons (Fsp3) is 0.550. The summed E-state index contributed by atoms with van der Waals surface area (Å²) in [4.78, 5) is 12.3. The van der Waals surface area contributed by atoms with Crippen LogP contribution >= 0.6 is 0 Å². The summed E-state index contributed by atoms with van der Waals surface area (Å²) < 4.78 is 7.87. The molecule has 1 aliphatic rings. The Labute approximate surface area is 160 Å². The minimum Gasteiger partial charge on any atom is -0.491 e. The maximum absolute atomic E-state index is 12.3. The molecule has 1 aliphatic heterocycles. The van der Waals surface area contributed by atoms with Gasteiger partial charge in [0.15, 0.2) is 5.82 Å². The lowest BCUT2D eigenvalue weighted by Gasteiger charge is -2.17. The van der Waals surface area contributed by atoms with Crippen LogP contribution in [0.4, 0.5) is 4.79 Å². The lowest BCUT2D eigenvalue weighted by Crippen LogP contribution is -2.37. The van der Waals surface area contributed by atoms with Crippen molar-refractivity contribution in [2.75, 3.05) is 0 Å². The largest absolute Gasteiger partial charge is 0.491 e. The van der Waals surface area contributed by atoms with Crippen LogP contribution in [0.5, 0.6) is 5.75 Å². The normalized spacial score (nSPS) is 15.0. The highest BCUT2D eigenvalue weighted by Gasteiger charge is 2.16. The number of aromatic nitrogens is 3. The molecule has 0 aliphatic carbocycles. The molecule has 1 unspecified atom stereocenters. The Morgan fingerprint density at radius 1 is 1.22 bits per heavy atom. The Kier molecular flexibility index (Phi) is 6.32. The number of hydrogen-bond acceptors (Lipinski definition) is 4. The number of hydrogen-bond donors (Lipinski definition) is 2. The highest BCUT2D eigenvalue weighted by Crippen LogP contribution is 2.20. The Morgan fingerprint density at radius 3 is 2.89 bits per heavy atom. The molecule has 0 bridgehead atoms. The molecular weight excluding hydrogens is 342 g/mol. The first-order chi connectivity index (χ1) is 13.0. The van der Waals surface area contributed by atoms with Gasteiger partial charge in [-0.05, 0) is 51.3 Å². The van der Waals surface area contributed by atoms with Gasteiger partial charge < -0.3 is 19.9 Å². The van der Waals surface area contributed by atoms with E-state index in [-0.39, 0.29) is 18.2 Å². The van der Waals surface area contributed by atoms with Crippen molar-refractivity contribution in [3.8, 4) is 5.75 Å². The molecule has 146 valence electrons. The molecule has 2 amide bonds. The molecule has 0 saturated carbocycles. The van der Waals surface area contributed by atoms with Crippen molar-refractivity contribution < 1.29 is 9.53 Å². The van der Waals surface area contributed by atoms with E-state index in [1.165, 1.54) is 6.42 Å². The van der Waals surface area contributed by atoms with E-state index in [1.54, 1.807) is 0 Å². The Balaban J connectivity index is 1.54. The highest BCUT2D eigenvalue weighted by atomic mass is 16.5. The van der Waals surface area contributed by atoms with E-state index in [2.05, 4.69) is 25.4 Å². The van der Waals surface area contributed by atoms with Gasteiger partial charge >= 0.3 is 6.03 Å². The third kappa shape index (κ3) is 5.21. The van der Waals surface area contributed by atoms with Crippen LogP contribution in [0.2, 0.25) is 0 Å². The second-order valence-corrected chi connectivity index (χ2v) is 7.28. The molecule has 1 atom stereocenters. The van der Waals surface area contributed by atoms with Crippen LogP contribution in [0, 0.1) is 0 Å². The average molecular weight is 371 g/mol. The quantitative estimate of drug-likeness (QED) is 0.816. The van der Waals surface area contributed by atoms with Gasteiger partial charge in [-0.2, -0.15) is 0 Å².